The van der Waals surface area contributed by atoms with Crippen molar-refractivity contribution < 1.29 is 14.5 Å². The van der Waals surface area contributed by atoms with Crippen molar-refractivity contribution in [1.29, 1.82) is 0 Å². The largest absolute Gasteiger partial charge is 0.334 e. The third-order valence-electron chi connectivity index (χ3n) is 5.60. The Bertz CT molecular complexity index is 836. The summed E-state index contributed by atoms with van der Waals surface area (Å²) in [5, 5.41) is 5.69. The molecule has 1 aliphatic heterocycles. The minimum absolute atomic E-state index is 0.0935. The van der Waals surface area contributed by atoms with Crippen molar-refractivity contribution in [2.24, 2.45) is 5.92 Å². The molecular weight excluding hydrogens is 378 g/mol. The van der Waals surface area contributed by atoms with Crippen molar-refractivity contribution in [3.8, 4) is 0 Å². The summed E-state index contributed by atoms with van der Waals surface area (Å²) in [5.41, 5.74) is 1.93. The number of carbonyl (C=O) groups excluding carboxylic acids is 2. The molecule has 2 aromatic rings. The number of nitrogens with one attached hydrogen (secondary N) is 2. The number of nitrogens with zero attached hydrogens (tertiary/aromatic N) is 1. The number of quaternary nitrogens is 1. The van der Waals surface area contributed by atoms with Crippen molar-refractivity contribution >= 4 is 39.5 Å². The lowest BCUT2D eigenvalue weighted by molar-refractivity contribution is -0.883. The van der Waals surface area contributed by atoms with E-state index in [1.165, 1.54) is 26.7 Å². The summed E-state index contributed by atoms with van der Waals surface area (Å²) < 4.78 is 0. The molecule has 2 aliphatic rings. The highest BCUT2D eigenvalue weighted by Crippen LogP contribution is 2.40. The molecule has 7 heteroatoms. The number of piperazine rings is 1. The lowest BCUT2D eigenvalue weighted by Gasteiger charge is -2.30. The molecule has 5 nitrogen and oxygen atoms in total. The Morgan fingerprint density at radius 3 is 2.78 bits per heavy atom. The number of hydrogen-bond donors (Lipinski definition) is 2. The zero-order valence-electron chi connectivity index (χ0n) is 15.8. The SMILES string of the molecule is C[C@@H]1CCc2c(sc(NC(=O)c3cccs3)c2C(=O)N2CC[NH+](C)CC2)C1. The number of likely N-dealkylation sites (N-methyl/N-ethyl adjacent to an activating group) is 1. The van der Waals surface area contributed by atoms with Crippen molar-refractivity contribution in [3.05, 3.63) is 38.4 Å². The topological polar surface area (TPSA) is 53.9 Å². The summed E-state index contributed by atoms with van der Waals surface area (Å²) in [6, 6.07) is 3.69. The van der Waals surface area contributed by atoms with E-state index in [-0.39, 0.29) is 11.8 Å². The minimum atomic E-state index is -0.117. The first-order valence-corrected chi connectivity index (χ1v) is 11.3. The van der Waals surface area contributed by atoms with Crippen LogP contribution < -0.4 is 10.2 Å². The van der Waals surface area contributed by atoms with Crippen LogP contribution in [-0.2, 0) is 12.8 Å². The second kappa shape index (κ2) is 7.73. The number of anilines is 1. The predicted octanol–water partition coefficient (Wildman–Crippen LogP) is 2.16. The first-order valence-electron chi connectivity index (χ1n) is 9.63. The number of hydrogen-bond acceptors (Lipinski definition) is 4. The van der Waals surface area contributed by atoms with Crippen LogP contribution in [0.1, 0.15) is 43.8 Å². The van der Waals surface area contributed by atoms with Gasteiger partial charge in [-0.2, -0.15) is 0 Å². The van der Waals surface area contributed by atoms with Crippen LogP contribution in [-0.4, -0.2) is 49.9 Å². The number of thiophene rings is 2. The lowest BCUT2D eigenvalue weighted by atomic mass is 9.88. The van der Waals surface area contributed by atoms with Crippen molar-refractivity contribution in [3.63, 3.8) is 0 Å². The molecule has 1 fully saturated rings. The quantitative estimate of drug-likeness (QED) is 0.824. The summed E-state index contributed by atoms with van der Waals surface area (Å²) in [6.45, 7) is 5.78. The molecule has 0 spiro atoms. The fourth-order valence-corrected chi connectivity index (χ4v) is 5.90. The van der Waals surface area contributed by atoms with Crippen LogP contribution >= 0.6 is 22.7 Å². The summed E-state index contributed by atoms with van der Waals surface area (Å²) in [6.07, 6.45) is 3.04. The smallest absolute Gasteiger partial charge is 0.266 e. The lowest BCUT2D eigenvalue weighted by Crippen LogP contribution is -3.12. The Morgan fingerprint density at radius 1 is 1.30 bits per heavy atom. The van der Waals surface area contributed by atoms with Crippen LogP contribution in [0.3, 0.4) is 0 Å². The maximum absolute atomic E-state index is 13.4. The summed E-state index contributed by atoms with van der Waals surface area (Å²) in [7, 11) is 2.17. The van der Waals surface area contributed by atoms with Gasteiger partial charge in [0.05, 0.1) is 43.7 Å². The zero-order chi connectivity index (χ0) is 19.0. The average molecular weight is 405 g/mol. The van der Waals surface area contributed by atoms with Gasteiger partial charge in [-0.15, -0.1) is 22.7 Å². The minimum Gasteiger partial charge on any atom is -0.334 e. The number of carbonyl (C=O) groups is 2. The average Bonchev–Trinajstić information content (AvgIpc) is 3.29. The molecule has 0 radical (unpaired) electrons. The van der Waals surface area contributed by atoms with Gasteiger partial charge in [0.1, 0.15) is 5.00 Å². The first-order chi connectivity index (χ1) is 13.0. The van der Waals surface area contributed by atoms with Crippen LogP contribution in [0, 0.1) is 5.92 Å². The second-order valence-electron chi connectivity index (χ2n) is 7.74. The Hall–Kier alpha value is -1.70. The third-order valence-corrected chi connectivity index (χ3v) is 7.64. The molecule has 27 heavy (non-hydrogen) atoms. The van der Waals surface area contributed by atoms with Gasteiger partial charge in [0.15, 0.2) is 0 Å². The van der Waals surface area contributed by atoms with E-state index in [0.717, 1.165) is 56.0 Å². The van der Waals surface area contributed by atoms with E-state index in [4.69, 9.17) is 0 Å². The number of amides is 2. The fraction of sp³-hybridized carbons (Fsp3) is 0.500. The zero-order valence-corrected chi connectivity index (χ0v) is 17.5. The predicted molar refractivity (Wildman–Crippen MR) is 110 cm³/mol. The molecule has 4 rings (SSSR count). The molecule has 1 saturated heterocycles. The maximum atomic E-state index is 13.4. The van der Waals surface area contributed by atoms with Gasteiger partial charge >= 0.3 is 0 Å². The van der Waals surface area contributed by atoms with Crippen molar-refractivity contribution in [1.82, 2.24) is 4.90 Å². The molecule has 2 amide bonds. The van der Waals surface area contributed by atoms with Crippen LogP contribution in [0.4, 0.5) is 5.00 Å². The van der Waals surface area contributed by atoms with E-state index >= 15 is 0 Å². The first kappa shape index (κ1) is 18.7. The number of rotatable bonds is 3. The van der Waals surface area contributed by atoms with Crippen LogP contribution in [0.25, 0.3) is 0 Å². The monoisotopic (exact) mass is 404 g/mol. The molecule has 0 aromatic carbocycles. The Morgan fingerprint density at radius 2 is 2.07 bits per heavy atom. The highest BCUT2D eigenvalue weighted by Gasteiger charge is 2.32. The fourth-order valence-electron chi connectivity index (χ4n) is 3.89. The van der Waals surface area contributed by atoms with E-state index in [1.54, 1.807) is 11.3 Å². The van der Waals surface area contributed by atoms with Crippen LogP contribution in [0.5, 0.6) is 0 Å². The third kappa shape index (κ3) is 3.81. The molecule has 0 saturated carbocycles. The van der Waals surface area contributed by atoms with Gasteiger partial charge in [0.25, 0.3) is 11.8 Å². The van der Waals surface area contributed by atoms with Gasteiger partial charge < -0.3 is 15.1 Å². The second-order valence-corrected chi connectivity index (χ2v) is 9.79. The molecule has 2 aromatic heterocycles. The van der Waals surface area contributed by atoms with Crippen molar-refractivity contribution in [2.75, 3.05) is 38.5 Å². The molecule has 0 unspecified atom stereocenters. The highest BCUT2D eigenvalue weighted by atomic mass is 32.1. The van der Waals surface area contributed by atoms with Gasteiger partial charge in [-0.25, -0.2) is 0 Å². The molecule has 1 atom stereocenters. The van der Waals surface area contributed by atoms with Gasteiger partial charge in [-0.3, -0.25) is 9.59 Å². The van der Waals surface area contributed by atoms with Gasteiger partial charge in [0, 0.05) is 4.88 Å². The molecular formula is C20H26N3O2S2+. The van der Waals surface area contributed by atoms with E-state index in [9.17, 15) is 9.59 Å². The van der Waals surface area contributed by atoms with E-state index < -0.39 is 0 Å². The van der Waals surface area contributed by atoms with E-state index in [2.05, 4.69) is 19.3 Å². The normalized spacial score (nSPS) is 20.4. The summed E-state index contributed by atoms with van der Waals surface area (Å²) in [5.74, 6) is 0.608. The molecule has 2 N–H and O–H groups in total. The summed E-state index contributed by atoms with van der Waals surface area (Å²) >= 11 is 3.03. The van der Waals surface area contributed by atoms with Crippen LogP contribution in [0.2, 0.25) is 0 Å². The van der Waals surface area contributed by atoms with Gasteiger partial charge in [-0.05, 0) is 42.2 Å². The highest BCUT2D eigenvalue weighted by molar-refractivity contribution is 7.17. The molecule has 3 heterocycles. The molecule has 0 bridgehead atoms. The van der Waals surface area contributed by atoms with Gasteiger partial charge in [0.2, 0.25) is 0 Å². The van der Waals surface area contributed by atoms with Gasteiger partial charge in [-0.1, -0.05) is 13.0 Å². The van der Waals surface area contributed by atoms with Crippen LogP contribution in [0.15, 0.2) is 17.5 Å². The van der Waals surface area contributed by atoms with Crippen molar-refractivity contribution in [2.45, 2.75) is 26.2 Å². The maximum Gasteiger partial charge on any atom is 0.266 e. The Kier molecular flexibility index (Phi) is 5.34. The van der Waals surface area contributed by atoms with E-state index in [1.807, 2.05) is 22.4 Å². The Balaban J connectivity index is 1.65. The molecule has 1 aliphatic carbocycles. The summed E-state index contributed by atoms with van der Waals surface area (Å²) in [4.78, 5) is 31.4. The Labute approximate surface area is 168 Å². The molecule has 144 valence electrons. The standard InChI is InChI=1S/C20H25N3O2S2/c1-13-5-6-14-16(12-13)27-19(21-18(24)15-4-3-11-26-15)17(14)20(25)23-9-7-22(2)8-10-23/h3-4,11,13H,5-10,12H2,1-2H3,(H,21,24)/p+1/t13-/m1/s1. The number of fused-ring (bicyclic) bond motifs is 1. The van der Waals surface area contributed by atoms with E-state index in [0.29, 0.717) is 10.8 Å².